The number of thiophene rings is 1. The van der Waals surface area contributed by atoms with Crippen molar-refractivity contribution in [3.05, 3.63) is 51.9 Å². The molecule has 1 amide bonds. The maximum absolute atomic E-state index is 12.5. The van der Waals surface area contributed by atoms with Crippen LogP contribution in [-0.2, 0) is 27.1 Å². The number of carbonyl (C=O) groups excluding carboxylic acids is 1. The van der Waals surface area contributed by atoms with Crippen LogP contribution in [0.15, 0.2) is 40.6 Å². The van der Waals surface area contributed by atoms with Gasteiger partial charge in [0, 0.05) is 28.7 Å². The summed E-state index contributed by atoms with van der Waals surface area (Å²) in [5, 5.41) is 3.54. The van der Waals surface area contributed by atoms with Gasteiger partial charge < -0.3 is 5.32 Å². The highest BCUT2D eigenvalue weighted by Gasteiger charge is 2.28. The molecule has 1 aromatic carbocycles. The molecule has 0 radical (unpaired) electrons. The number of halogens is 1. The Morgan fingerprint density at radius 3 is 2.74 bits per heavy atom. The topological polar surface area (TPSA) is 66.5 Å². The number of thioether (sulfide) groups is 1. The first kappa shape index (κ1) is 20.7. The molecule has 5 nitrogen and oxygen atoms in total. The van der Waals surface area contributed by atoms with E-state index in [1.807, 2.05) is 24.3 Å². The van der Waals surface area contributed by atoms with Crippen LogP contribution in [0.1, 0.15) is 23.3 Å². The lowest BCUT2D eigenvalue weighted by Crippen LogP contribution is -2.27. The van der Waals surface area contributed by atoms with E-state index in [2.05, 4.69) is 5.32 Å². The van der Waals surface area contributed by atoms with E-state index in [1.54, 1.807) is 12.1 Å². The summed E-state index contributed by atoms with van der Waals surface area (Å²) < 4.78 is 26.9. The van der Waals surface area contributed by atoms with Crippen LogP contribution in [0.4, 0.5) is 0 Å². The SMILES string of the molecule is O=C(CSCc1cccc(Cl)c1)NCc1ccc(S(=O)(=O)N2CCCC2)s1. The number of benzene rings is 1. The zero-order valence-corrected chi connectivity index (χ0v) is 17.9. The number of sulfonamides is 1. The van der Waals surface area contributed by atoms with Crippen molar-refractivity contribution in [2.45, 2.75) is 29.3 Å². The van der Waals surface area contributed by atoms with Crippen LogP contribution in [0.25, 0.3) is 0 Å². The van der Waals surface area contributed by atoms with Crippen molar-refractivity contribution < 1.29 is 13.2 Å². The molecule has 1 N–H and O–H groups in total. The molecule has 146 valence electrons. The monoisotopic (exact) mass is 444 g/mol. The van der Waals surface area contributed by atoms with Crippen molar-refractivity contribution >= 4 is 50.6 Å². The predicted molar refractivity (Wildman–Crippen MR) is 112 cm³/mol. The van der Waals surface area contributed by atoms with Crippen molar-refractivity contribution in [3.8, 4) is 0 Å². The second-order valence-corrected chi connectivity index (χ2v) is 11.0. The number of hydrogen-bond acceptors (Lipinski definition) is 5. The fourth-order valence-electron chi connectivity index (χ4n) is 2.77. The molecule has 0 unspecified atom stereocenters. The zero-order valence-electron chi connectivity index (χ0n) is 14.7. The van der Waals surface area contributed by atoms with E-state index in [0.717, 1.165) is 23.3 Å². The normalized spacial score (nSPS) is 15.1. The first-order valence-corrected chi connectivity index (χ1v) is 12.4. The molecule has 1 aliphatic heterocycles. The smallest absolute Gasteiger partial charge is 0.252 e. The van der Waals surface area contributed by atoms with E-state index in [0.29, 0.717) is 40.4 Å². The van der Waals surface area contributed by atoms with E-state index in [1.165, 1.54) is 27.4 Å². The third-order valence-electron chi connectivity index (χ3n) is 4.15. The molecule has 9 heteroatoms. The van der Waals surface area contributed by atoms with Gasteiger partial charge in [0.2, 0.25) is 5.91 Å². The van der Waals surface area contributed by atoms with Crippen molar-refractivity contribution in [1.82, 2.24) is 9.62 Å². The fourth-order valence-corrected chi connectivity index (χ4v) is 6.76. The number of nitrogens with one attached hydrogen (secondary N) is 1. The predicted octanol–water partition coefficient (Wildman–Crippen LogP) is 3.74. The summed E-state index contributed by atoms with van der Waals surface area (Å²) in [4.78, 5) is 12.8. The lowest BCUT2D eigenvalue weighted by molar-refractivity contribution is -0.118. The summed E-state index contributed by atoms with van der Waals surface area (Å²) >= 11 is 8.69. The van der Waals surface area contributed by atoms with Crippen LogP contribution in [0.3, 0.4) is 0 Å². The van der Waals surface area contributed by atoms with Gasteiger partial charge in [-0.15, -0.1) is 23.1 Å². The maximum Gasteiger partial charge on any atom is 0.252 e. The van der Waals surface area contributed by atoms with Gasteiger partial charge >= 0.3 is 0 Å². The molecule has 1 fully saturated rings. The molecule has 0 spiro atoms. The van der Waals surface area contributed by atoms with Crippen molar-refractivity contribution in [2.24, 2.45) is 0 Å². The van der Waals surface area contributed by atoms with E-state index >= 15 is 0 Å². The molecule has 0 aliphatic carbocycles. The molecule has 3 rings (SSSR count). The summed E-state index contributed by atoms with van der Waals surface area (Å²) in [7, 11) is -3.38. The van der Waals surface area contributed by atoms with Gasteiger partial charge in [-0.25, -0.2) is 8.42 Å². The minimum absolute atomic E-state index is 0.0700. The lowest BCUT2D eigenvalue weighted by Gasteiger charge is -2.13. The van der Waals surface area contributed by atoms with E-state index in [9.17, 15) is 13.2 Å². The summed E-state index contributed by atoms with van der Waals surface area (Å²) in [5.74, 6) is 0.988. The van der Waals surface area contributed by atoms with Crippen molar-refractivity contribution in [2.75, 3.05) is 18.8 Å². The average Bonchev–Trinajstić information content (AvgIpc) is 3.32. The second kappa shape index (κ2) is 9.43. The summed E-state index contributed by atoms with van der Waals surface area (Å²) in [5.41, 5.74) is 1.08. The number of carbonyl (C=O) groups is 1. The van der Waals surface area contributed by atoms with Crippen LogP contribution in [0.2, 0.25) is 5.02 Å². The maximum atomic E-state index is 12.5. The van der Waals surface area contributed by atoms with E-state index in [-0.39, 0.29) is 5.91 Å². The second-order valence-electron chi connectivity index (χ2n) is 6.23. The minimum Gasteiger partial charge on any atom is -0.350 e. The quantitative estimate of drug-likeness (QED) is 0.673. The first-order valence-electron chi connectivity index (χ1n) is 8.63. The lowest BCUT2D eigenvalue weighted by atomic mass is 10.2. The van der Waals surface area contributed by atoms with Gasteiger partial charge in [0.05, 0.1) is 12.3 Å². The Bertz CT molecular complexity index is 893. The molecule has 0 saturated carbocycles. The highest BCUT2D eigenvalue weighted by molar-refractivity contribution is 7.99. The Kier molecular flexibility index (Phi) is 7.22. The highest BCUT2D eigenvalue weighted by atomic mass is 35.5. The van der Waals surface area contributed by atoms with Gasteiger partial charge in [0.25, 0.3) is 10.0 Å². The van der Waals surface area contributed by atoms with Gasteiger partial charge in [-0.05, 0) is 42.7 Å². The minimum atomic E-state index is -3.38. The molecule has 27 heavy (non-hydrogen) atoms. The van der Waals surface area contributed by atoms with Gasteiger partial charge in [-0.1, -0.05) is 23.7 Å². The van der Waals surface area contributed by atoms with E-state index in [4.69, 9.17) is 11.6 Å². The number of nitrogens with zero attached hydrogens (tertiary/aromatic N) is 1. The molecule has 0 atom stereocenters. The Labute approximate surface area is 173 Å². The molecule has 1 aromatic heterocycles. The number of hydrogen-bond donors (Lipinski definition) is 1. The van der Waals surface area contributed by atoms with Crippen LogP contribution in [-0.4, -0.2) is 37.5 Å². The zero-order chi connectivity index (χ0) is 19.3. The number of amides is 1. The van der Waals surface area contributed by atoms with Crippen LogP contribution >= 0.6 is 34.7 Å². The molecule has 0 bridgehead atoms. The van der Waals surface area contributed by atoms with Gasteiger partial charge in [-0.2, -0.15) is 4.31 Å². The van der Waals surface area contributed by atoms with Gasteiger partial charge in [0.1, 0.15) is 4.21 Å². The first-order chi connectivity index (χ1) is 12.9. The summed E-state index contributed by atoms with van der Waals surface area (Å²) in [6, 6.07) is 11.0. The third-order valence-corrected chi connectivity index (χ3v) is 8.84. The molecular formula is C18H21ClN2O3S3. The molecular weight excluding hydrogens is 424 g/mol. The summed E-state index contributed by atoms with van der Waals surface area (Å²) in [6.45, 7) is 1.53. The molecule has 1 saturated heterocycles. The van der Waals surface area contributed by atoms with Gasteiger partial charge in [-0.3, -0.25) is 4.79 Å². The fraction of sp³-hybridized carbons (Fsp3) is 0.389. The average molecular weight is 445 g/mol. The standard InChI is InChI=1S/C18H21ClN2O3S3/c19-15-5-3-4-14(10-15)12-25-13-17(22)20-11-16-6-7-18(26-16)27(23,24)21-8-1-2-9-21/h3-7,10H,1-2,8-9,11-13H2,(H,20,22). The number of rotatable bonds is 8. The van der Waals surface area contributed by atoms with Crippen LogP contribution < -0.4 is 5.32 Å². The molecule has 2 aromatic rings. The van der Waals surface area contributed by atoms with E-state index < -0.39 is 10.0 Å². The summed E-state index contributed by atoms with van der Waals surface area (Å²) in [6.07, 6.45) is 1.83. The van der Waals surface area contributed by atoms with Gasteiger partial charge in [0.15, 0.2) is 0 Å². The Balaban J connectivity index is 1.44. The largest absolute Gasteiger partial charge is 0.350 e. The Morgan fingerprint density at radius 1 is 1.22 bits per heavy atom. The third kappa shape index (κ3) is 5.71. The van der Waals surface area contributed by atoms with Crippen LogP contribution in [0.5, 0.6) is 0 Å². The van der Waals surface area contributed by atoms with Crippen molar-refractivity contribution in [3.63, 3.8) is 0 Å². The van der Waals surface area contributed by atoms with Crippen molar-refractivity contribution in [1.29, 1.82) is 0 Å². The van der Waals surface area contributed by atoms with Crippen LogP contribution in [0, 0.1) is 0 Å². The molecule has 1 aliphatic rings. The Morgan fingerprint density at radius 2 is 2.00 bits per heavy atom. The Hall–Kier alpha value is -1.06. The highest BCUT2D eigenvalue weighted by Crippen LogP contribution is 2.27. The molecule has 2 heterocycles.